The van der Waals surface area contributed by atoms with Gasteiger partial charge in [0.05, 0.1) is 11.6 Å². The van der Waals surface area contributed by atoms with Crippen LogP contribution in [0.25, 0.3) is 0 Å². The Bertz CT molecular complexity index is 953. The summed E-state index contributed by atoms with van der Waals surface area (Å²) in [5.74, 6) is -0.639. The number of carbonyl (C=O) groups is 1. The van der Waals surface area contributed by atoms with Crippen LogP contribution in [0.5, 0.6) is 0 Å². The van der Waals surface area contributed by atoms with Crippen molar-refractivity contribution in [2.75, 3.05) is 24.6 Å². The number of nitrogens with zero attached hydrogens (tertiary/aromatic N) is 3. The fraction of sp³-hybridized carbons (Fsp3) is 0.690. The minimum absolute atomic E-state index is 0.269. The summed E-state index contributed by atoms with van der Waals surface area (Å²) in [4.78, 5) is 24.2. The molecule has 7 nitrogen and oxygen atoms in total. The first-order chi connectivity index (χ1) is 16.7. The number of hydrogen-bond acceptors (Lipinski definition) is 6. The quantitative estimate of drug-likeness (QED) is 0.434. The average molecular weight is 500 g/mol. The van der Waals surface area contributed by atoms with Gasteiger partial charge in [0.2, 0.25) is 0 Å². The van der Waals surface area contributed by atoms with E-state index in [4.69, 9.17) is 14.5 Å². The molecule has 3 heterocycles. The number of anilines is 1. The Morgan fingerprint density at radius 1 is 1.25 bits per heavy atom. The summed E-state index contributed by atoms with van der Waals surface area (Å²) in [5.41, 5.74) is 1.56. The standard InChI is InChI=1S/C29H45N3O4/c1-20(2)10-16-35-29(25(26(33)34)36-27(4,5)6)11-9-23(31-19-29)22-18-30-21(3)17-24(22)32-14-12-28(7,8)13-15-32/h9,11,17-20,23,25H,10,12-16H2,1-8H3,(H,33,34). The minimum Gasteiger partial charge on any atom is -0.479 e. The maximum absolute atomic E-state index is 12.4. The molecule has 0 bridgehead atoms. The highest BCUT2D eigenvalue weighted by molar-refractivity contribution is 5.86. The number of aliphatic imine (C=N–C) groups is 1. The summed E-state index contributed by atoms with van der Waals surface area (Å²) in [6.07, 6.45) is 9.19. The van der Waals surface area contributed by atoms with Crippen molar-refractivity contribution in [3.05, 3.63) is 35.7 Å². The summed E-state index contributed by atoms with van der Waals surface area (Å²) in [7, 11) is 0. The van der Waals surface area contributed by atoms with Crippen LogP contribution in [-0.2, 0) is 14.3 Å². The molecule has 1 N–H and O–H groups in total. The van der Waals surface area contributed by atoms with Gasteiger partial charge in [-0.3, -0.25) is 9.98 Å². The summed E-state index contributed by atoms with van der Waals surface area (Å²) in [5, 5.41) is 10.1. The predicted octanol–water partition coefficient (Wildman–Crippen LogP) is 5.77. The van der Waals surface area contributed by atoms with E-state index in [1.165, 1.54) is 0 Å². The van der Waals surface area contributed by atoms with E-state index in [1.807, 2.05) is 46.0 Å². The fourth-order valence-electron chi connectivity index (χ4n) is 4.60. The Morgan fingerprint density at radius 3 is 2.44 bits per heavy atom. The van der Waals surface area contributed by atoms with Gasteiger partial charge in [-0.15, -0.1) is 0 Å². The maximum atomic E-state index is 12.4. The number of hydrogen-bond donors (Lipinski definition) is 1. The molecular formula is C29H45N3O4. The number of aryl methyl sites for hydroxylation is 1. The van der Waals surface area contributed by atoms with E-state index in [9.17, 15) is 9.90 Å². The maximum Gasteiger partial charge on any atom is 0.336 e. The highest BCUT2D eigenvalue weighted by Gasteiger charge is 2.46. The summed E-state index contributed by atoms with van der Waals surface area (Å²) >= 11 is 0. The van der Waals surface area contributed by atoms with Gasteiger partial charge in [0, 0.05) is 49.1 Å². The highest BCUT2D eigenvalue weighted by atomic mass is 16.6. The second-order valence-corrected chi connectivity index (χ2v) is 12.5. The number of aromatic nitrogens is 1. The molecule has 0 aromatic carbocycles. The molecule has 1 saturated heterocycles. The number of rotatable bonds is 9. The molecule has 0 radical (unpaired) electrons. The van der Waals surface area contributed by atoms with Gasteiger partial charge in [0.25, 0.3) is 0 Å². The van der Waals surface area contributed by atoms with E-state index in [-0.39, 0.29) is 6.04 Å². The Hall–Kier alpha value is -2.25. The van der Waals surface area contributed by atoms with Crippen molar-refractivity contribution in [3.63, 3.8) is 0 Å². The molecule has 1 aromatic heterocycles. The van der Waals surface area contributed by atoms with Crippen molar-refractivity contribution in [2.45, 2.75) is 98.0 Å². The van der Waals surface area contributed by atoms with Gasteiger partial charge >= 0.3 is 5.97 Å². The van der Waals surface area contributed by atoms with Crippen molar-refractivity contribution in [2.24, 2.45) is 16.3 Å². The number of carboxylic acid groups (broad SMARTS) is 1. The normalized spacial score (nSPS) is 24.8. The molecule has 0 spiro atoms. The molecule has 2 aliphatic heterocycles. The van der Waals surface area contributed by atoms with Crippen LogP contribution in [0.15, 0.2) is 29.4 Å². The van der Waals surface area contributed by atoms with E-state index in [0.29, 0.717) is 17.9 Å². The molecule has 2 aliphatic rings. The second kappa shape index (κ2) is 11.0. The number of piperidine rings is 1. The van der Waals surface area contributed by atoms with Gasteiger partial charge in [-0.1, -0.05) is 33.8 Å². The molecule has 200 valence electrons. The van der Waals surface area contributed by atoms with Gasteiger partial charge in [-0.05, 0) is 70.4 Å². The zero-order valence-electron chi connectivity index (χ0n) is 23.4. The third-order valence-corrected chi connectivity index (χ3v) is 6.95. The van der Waals surface area contributed by atoms with Crippen molar-refractivity contribution >= 4 is 17.9 Å². The lowest BCUT2D eigenvalue weighted by atomic mass is 9.82. The van der Waals surface area contributed by atoms with Crippen molar-refractivity contribution < 1.29 is 19.4 Å². The summed E-state index contributed by atoms with van der Waals surface area (Å²) in [6, 6.07) is 1.87. The molecule has 0 amide bonds. The average Bonchev–Trinajstić information content (AvgIpc) is 2.77. The molecule has 7 heteroatoms. The molecular weight excluding hydrogens is 454 g/mol. The third-order valence-electron chi connectivity index (χ3n) is 6.95. The Labute approximate surface area is 217 Å². The van der Waals surface area contributed by atoms with Crippen molar-refractivity contribution in [3.8, 4) is 0 Å². The summed E-state index contributed by atoms with van der Waals surface area (Å²) in [6.45, 7) is 18.8. The molecule has 3 rings (SSSR count). The Kier molecular flexibility index (Phi) is 8.67. The monoisotopic (exact) mass is 499 g/mol. The number of ether oxygens (including phenoxy) is 2. The van der Waals surface area contributed by atoms with Crippen LogP contribution in [-0.4, -0.2) is 59.3 Å². The molecule has 3 unspecified atom stereocenters. The molecule has 0 aliphatic carbocycles. The fourth-order valence-corrected chi connectivity index (χ4v) is 4.60. The first-order valence-corrected chi connectivity index (χ1v) is 13.2. The lowest BCUT2D eigenvalue weighted by Crippen LogP contribution is -2.54. The van der Waals surface area contributed by atoms with Crippen molar-refractivity contribution in [1.29, 1.82) is 0 Å². The smallest absolute Gasteiger partial charge is 0.336 e. The van der Waals surface area contributed by atoms with Crippen LogP contribution in [0.2, 0.25) is 0 Å². The Balaban J connectivity index is 1.92. The van der Waals surface area contributed by atoms with Crippen molar-refractivity contribution in [1.82, 2.24) is 4.98 Å². The van der Waals surface area contributed by atoms with Crippen LogP contribution in [0.4, 0.5) is 5.69 Å². The van der Waals surface area contributed by atoms with Gasteiger partial charge < -0.3 is 19.5 Å². The molecule has 36 heavy (non-hydrogen) atoms. The second-order valence-electron chi connectivity index (χ2n) is 12.5. The van der Waals surface area contributed by atoms with E-state index < -0.39 is 23.3 Å². The van der Waals surface area contributed by atoms with Crippen LogP contribution in [0, 0.1) is 18.3 Å². The zero-order valence-corrected chi connectivity index (χ0v) is 23.4. The van der Waals surface area contributed by atoms with E-state index >= 15 is 0 Å². The topological polar surface area (TPSA) is 84.2 Å². The SMILES string of the molecule is Cc1cc(N2CCC(C)(C)CC2)c(C2C=CC(OCCC(C)C)(C(OC(C)(C)C)C(=O)O)C=N2)cn1. The first-order valence-electron chi connectivity index (χ1n) is 13.2. The van der Waals surface area contributed by atoms with Crippen LogP contribution in [0.3, 0.4) is 0 Å². The van der Waals surface area contributed by atoms with Crippen LogP contribution in [0.1, 0.15) is 85.0 Å². The van der Waals surface area contributed by atoms with E-state index in [0.717, 1.165) is 49.3 Å². The Morgan fingerprint density at radius 2 is 1.92 bits per heavy atom. The number of pyridine rings is 1. The molecule has 1 aromatic rings. The lowest BCUT2D eigenvalue weighted by Gasteiger charge is -2.40. The molecule has 1 fully saturated rings. The van der Waals surface area contributed by atoms with Gasteiger partial charge in [0.1, 0.15) is 0 Å². The predicted molar refractivity (Wildman–Crippen MR) is 145 cm³/mol. The zero-order chi connectivity index (χ0) is 26.7. The number of carboxylic acids is 1. The van der Waals surface area contributed by atoms with Crippen LogP contribution >= 0.6 is 0 Å². The third kappa shape index (κ3) is 7.16. The molecule has 3 atom stereocenters. The molecule has 0 saturated carbocycles. The minimum atomic E-state index is -1.28. The van der Waals surface area contributed by atoms with Gasteiger partial charge in [0.15, 0.2) is 11.7 Å². The lowest BCUT2D eigenvalue weighted by molar-refractivity contribution is -0.180. The van der Waals surface area contributed by atoms with Gasteiger partial charge in [-0.2, -0.15) is 0 Å². The van der Waals surface area contributed by atoms with E-state index in [2.05, 4.69) is 43.6 Å². The number of aliphatic carboxylic acids is 1. The largest absolute Gasteiger partial charge is 0.479 e. The number of dihydropyridines is 1. The summed E-state index contributed by atoms with van der Waals surface area (Å²) < 4.78 is 12.3. The highest BCUT2D eigenvalue weighted by Crippen LogP contribution is 2.38. The van der Waals surface area contributed by atoms with Crippen LogP contribution < -0.4 is 4.90 Å². The van der Waals surface area contributed by atoms with E-state index in [1.54, 1.807) is 6.21 Å². The van der Waals surface area contributed by atoms with Gasteiger partial charge in [-0.25, -0.2) is 4.79 Å². The first kappa shape index (κ1) is 28.3.